The zero-order chi connectivity index (χ0) is 22.1. The minimum atomic E-state index is -0.159. The van der Waals surface area contributed by atoms with E-state index in [1.165, 1.54) is 5.56 Å². The molecule has 0 unspecified atom stereocenters. The van der Waals surface area contributed by atoms with Gasteiger partial charge in [0.05, 0.1) is 11.4 Å². The zero-order valence-electron chi connectivity index (χ0n) is 17.8. The largest absolute Gasteiger partial charge is 0.352 e. The van der Waals surface area contributed by atoms with Crippen molar-refractivity contribution in [1.29, 1.82) is 0 Å². The van der Waals surface area contributed by atoms with Crippen LogP contribution in [0.5, 0.6) is 0 Å². The summed E-state index contributed by atoms with van der Waals surface area (Å²) in [5, 5.41) is 7.57. The molecule has 32 heavy (non-hydrogen) atoms. The van der Waals surface area contributed by atoms with Gasteiger partial charge in [0, 0.05) is 29.4 Å². The van der Waals surface area contributed by atoms with Crippen molar-refractivity contribution in [2.45, 2.75) is 19.8 Å². The topological polar surface area (TPSA) is 64.0 Å². The minimum Gasteiger partial charge on any atom is -0.352 e. The summed E-state index contributed by atoms with van der Waals surface area (Å²) >= 11 is 0. The normalized spacial score (nSPS) is 11.8. The number of hydrogen-bond acceptors (Lipinski definition) is 3. The molecule has 4 aromatic rings. The third-order valence-electron chi connectivity index (χ3n) is 5.92. The van der Waals surface area contributed by atoms with Crippen LogP contribution in [-0.2, 0) is 6.42 Å². The van der Waals surface area contributed by atoms with Crippen LogP contribution in [0.2, 0.25) is 0 Å². The van der Waals surface area contributed by atoms with E-state index in [9.17, 15) is 9.59 Å². The molecule has 0 aliphatic heterocycles. The number of carbonyl (C=O) groups excluding carboxylic acids is 2. The van der Waals surface area contributed by atoms with E-state index in [0.717, 1.165) is 35.3 Å². The van der Waals surface area contributed by atoms with E-state index in [2.05, 4.69) is 16.6 Å². The van der Waals surface area contributed by atoms with Crippen LogP contribution in [0.4, 0.5) is 0 Å². The second-order valence-corrected chi connectivity index (χ2v) is 8.01. The quantitative estimate of drug-likeness (QED) is 0.402. The fourth-order valence-electron chi connectivity index (χ4n) is 4.21. The number of benzene rings is 3. The van der Waals surface area contributed by atoms with Crippen LogP contribution in [-0.4, -0.2) is 28.0 Å². The molecule has 1 aromatic heterocycles. The molecule has 0 bridgehead atoms. The number of fused-ring (bicyclic) bond motifs is 3. The molecule has 5 rings (SSSR count). The van der Waals surface area contributed by atoms with Crippen molar-refractivity contribution in [3.8, 4) is 16.8 Å². The highest BCUT2D eigenvalue weighted by molar-refractivity contribution is 6.22. The lowest BCUT2D eigenvalue weighted by molar-refractivity contribution is 0.0953. The lowest BCUT2D eigenvalue weighted by Crippen LogP contribution is -2.25. The van der Waals surface area contributed by atoms with E-state index in [0.29, 0.717) is 23.2 Å². The van der Waals surface area contributed by atoms with E-state index in [4.69, 9.17) is 0 Å². The molecule has 158 valence electrons. The van der Waals surface area contributed by atoms with E-state index in [1.807, 2.05) is 72.3 Å². The van der Waals surface area contributed by atoms with Crippen molar-refractivity contribution in [3.63, 3.8) is 0 Å². The number of ketones is 1. The average Bonchev–Trinajstić information content (AvgIpc) is 3.34. The molecule has 5 nitrogen and oxygen atoms in total. The van der Waals surface area contributed by atoms with Gasteiger partial charge in [-0.3, -0.25) is 9.59 Å². The van der Waals surface area contributed by atoms with Crippen molar-refractivity contribution in [2.24, 2.45) is 0 Å². The third-order valence-corrected chi connectivity index (χ3v) is 5.92. The summed E-state index contributed by atoms with van der Waals surface area (Å²) in [5.74, 6) is -0.176. The standard InChI is InChI=1S/C27H23N3O2/c1-18-20(17-30(29-18)21-9-3-2-4-10-21)8-7-15-28-27(32)19-13-14-23-22-11-5-6-12-24(22)26(31)25(23)16-19/h2-6,9-14,16-17H,7-8,15H2,1H3,(H,28,32). The number of aryl methyl sites for hydroxylation is 2. The Morgan fingerprint density at radius 1 is 0.906 bits per heavy atom. The third kappa shape index (κ3) is 3.62. The number of rotatable bonds is 6. The monoisotopic (exact) mass is 421 g/mol. The summed E-state index contributed by atoms with van der Waals surface area (Å²) in [7, 11) is 0. The first-order valence-corrected chi connectivity index (χ1v) is 10.8. The fraction of sp³-hybridized carbons (Fsp3) is 0.148. The van der Waals surface area contributed by atoms with Crippen LogP contribution < -0.4 is 5.32 Å². The van der Waals surface area contributed by atoms with Gasteiger partial charge < -0.3 is 5.32 Å². The van der Waals surface area contributed by atoms with Crippen molar-refractivity contribution >= 4 is 11.7 Å². The van der Waals surface area contributed by atoms with Gasteiger partial charge in [-0.1, -0.05) is 48.5 Å². The Morgan fingerprint density at radius 2 is 1.62 bits per heavy atom. The maximum Gasteiger partial charge on any atom is 0.251 e. The lowest BCUT2D eigenvalue weighted by atomic mass is 10.0. The molecule has 0 saturated heterocycles. The minimum absolute atomic E-state index is 0.0175. The molecular weight excluding hydrogens is 398 g/mol. The highest BCUT2D eigenvalue weighted by Crippen LogP contribution is 2.36. The Balaban J connectivity index is 1.20. The maximum absolute atomic E-state index is 12.7. The highest BCUT2D eigenvalue weighted by atomic mass is 16.1. The molecule has 0 fully saturated rings. The molecule has 5 heteroatoms. The van der Waals surface area contributed by atoms with Crippen LogP contribution in [0.1, 0.15) is 44.0 Å². The first-order chi connectivity index (χ1) is 15.6. The number of aromatic nitrogens is 2. The Hall–Kier alpha value is -3.99. The van der Waals surface area contributed by atoms with Crippen LogP contribution in [0.25, 0.3) is 16.8 Å². The van der Waals surface area contributed by atoms with Gasteiger partial charge in [0.1, 0.15) is 0 Å². The van der Waals surface area contributed by atoms with Crippen molar-refractivity contribution in [3.05, 3.63) is 107 Å². The van der Waals surface area contributed by atoms with Gasteiger partial charge in [-0.25, -0.2) is 4.68 Å². The molecule has 0 saturated carbocycles. The highest BCUT2D eigenvalue weighted by Gasteiger charge is 2.26. The summed E-state index contributed by atoms with van der Waals surface area (Å²) in [4.78, 5) is 25.3. The molecular formula is C27H23N3O2. The number of para-hydroxylation sites is 1. The second-order valence-electron chi connectivity index (χ2n) is 8.01. The molecule has 1 aliphatic rings. The Morgan fingerprint density at radius 3 is 2.44 bits per heavy atom. The predicted molar refractivity (Wildman–Crippen MR) is 124 cm³/mol. The van der Waals surface area contributed by atoms with E-state index >= 15 is 0 Å². The van der Waals surface area contributed by atoms with Crippen LogP contribution >= 0.6 is 0 Å². The number of nitrogens with zero attached hydrogens (tertiary/aromatic N) is 2. The molecule has 1 amide bonds. The van der Waals surface area contributed by atoms with Gasteiger partial charge in [-0.15, -0.1) is 0 Å². The fourth-order valence-corrected chi connectivity index (χ4v) is 4.21. The van der Waals surface area contributed by atoms with Crippen molar-refractivity contribution in [1.82, 2.24) is 15.1 Å². The SMILES string of the molecule is Cc1nn(-c2ccccc2)cc1CCCNC(=O)c1ccc2c(c1)C(=O)c1ccccc1-2. The number of carbonyl (C=O) groups is 2. The number of nitrogens with one attached hydrogen (secondary N) is 1. The molecule has 0 radical (unpaired) electrons. The first kappa shape index (κ1) is 19.9. The van der Waals surface area contributed by atoms with E-state index in [-0.39, 0.29) is 11.7 Å². The zero-order valence-corrected chi connectivity index (χ0v) is 17.8. The van der Waals surface area contributed by atoms with Crippen LogP contribution in [0.15, 0.2) is 79.0 Å². The molecule has 1 aliphatic carbocycles. The summed E-state index contributed by atoms with van der Waals surface area (Å²) in [6.45, 7) is 2.56. The van der Waals surface area contributed by atoms with Gasteiger partial charge in [0.25, 0.3) is 5.91 Å². The molecule has 0 spiro atoms. The van der Waals surface area contributed by atoms with Gasteiger partial charge in [-0.2, -0.15) is 5.10 Å². The summed E-state index contributed by atoms with van der Waals surface area (Å²) < 4.78 is 1.89. The van der Waals surface area contributed by atoms with Gasteiger partial charge >= 0.3 is 0 Å². The van der Waals surface area contributed by atoms with E-state index in [1.54, 1.807) is 12.1 Å². The summed E-state index contributed by atoms with van der Waals surface area (Å²) in [5.41, 5.74) is 6.84. The Bertz CT molecular complexity index is 1320. The summed E-state index contributed by atoms with van der Waals surface area (Å²) in [6.07, 6.45) is 3.69. The average molecular weight is 422 g/mol. The predicted octanol–water partition coefficient (Wildman–Crippen LogP) is 4.75. The second kappa shape index (κ2) is 8.27. The summed E-state index contributed by atoms with van der Waals surface area (Å²) in [6, 6.07) is 23.0. The number of hydrogen-bond donors (Lipinski definition) is 1. The molecule has 1 N–H and O–H groups in total. The van der Waals surface area contributed by atoms with E-state index < -0.39 is 0 Å². The molecule has 0 atom stereocenters. The molecule has 3 aromatic carbocycles. The Labute approximate surface area is 186 Å². The van der Waals surface area contributed by atoms with Crippen LogP contribution in [0, 0.1) is 6.92 Å². The first-order valence-electron chi connectivity index (χ1n) is 10.8. The van der Waals surface area contributed by atoms with Gasteiger partial charge in [0.2, 0.25) is 0 Å². The van der Waals surface area contributed by atoms with Crippen molar-refractivity contribution < 1.29 is 9.59 Å². The van der Waals surface area contributed by atoms with Gasteiger partial charge in [-0.05, 0) is 60.7 Å². The lowest BCUT2D eigenvalue weighted by Gasteiger charge is -2.07. The van der Waals surface area contributed by atoms with Gasteiger partial charge in [0.15, 0.2) is 5.78 Å². The smallest absolute Gasteiger partial charge is 0.251 e. The van der Waals surface area contributed by atoms with Crippen LogP contribution in [0.3, 0.4) is 0 Å². The molecule has 1 heterocycles. The number of amides is 1. The van der Waals surface area contributed by atoms with Crippen molar-refractivity contribution in [2.75, 3.05) is 6.54 Å². The maximum atomic E-state index is 12.7. The Kier molecular flexibility index (Phi) is 5.15.